The van der Waals surface area contributed by atoms with Gasteiger partial charge in [0.1, 0.15) is 0 Å². The maximum atomic E-state index is 12.2. The maximum Gasteiger partial charge on any atom is 0.225 e. The van der Waals surface area contributed by atoms with E-state index in [2.05, 4.69) is 17.6 Å². The standard InChI is InChI=1S/C17H32N2O3/c1-3-4-5-6-7-10-15(20)13(2)17(22)19-14-9-8-11-18-16(21)12-14/h13-15,20H,3-12H2,1-2H3,(H,18,21)(H,19,22)/t13-,14+,15+/m1/s1. The number of aliphatic hydroxyl groups excluding tert-OH is 1. The number of hydrogen-bond donors (Lipinski definition) is 3. The first-order valence-corrected chi connectivity index (χ1v) is 8.79. The number of unbranched alkanes of at least 4 members (excludes halogenated alkanes) is 4. The van der Waals surface area contributed by atoms with Crippen LogP contribution in [-0.4, -0.2) is 35.6 Å². The van der Waals surface area contributed by atoms with Gasteiger partial charge in [-0.3, -0.25) is 9.59 Å². The zero-order chi connectivity index (χ0) is 16.4. The molecule has 5 nitrogen and oxygen atoms in total. The first-order valence-electron chi connectivity index (χ1n) is 8.79. The Hall–Kier alpha value is -1.10. The fourth-order valence-electron chi connectivity index (χ4n) is 2.81. The number of carbonyl (C=O) groups is 2. The van der Waals surface area contributed by atoms with Gasteiger partial charge in [0.2, 0.25) is 11.8 Å². The quantitative estimate of drug-likeness (QED) is 0.571. The molecule has 2 amide bonds. The van der Waals surface area contributed by atoms with Crippen LogP contribution >= 0.6 is 0 Å². The minimum atomic E-state index is -0.596. The lowest BCUT2D eigenvalue weighted by molar-refractivity contribution is -0.129. The van der Waals surface area contributed by atoms with E-state index in [4.69, 9.17) is 0 Å². The molecule has 5 heteroatoms. The van der Waals surface area contributed by atoms with Crippen LogP contribution in [0.4, 0.5) is 0 Å². The lowest BCUT2D eigenvalue weighted by Crippen LogP contribution is -2.42. The van der Waals surface area contributed by atoms with E-state index in [1.165, 1.54) is 19.3 Å². The Bertz CT molecular complexity index is 347. The van der Waals surface area contributed by atoms with E-state index in [-0.39, 0.29) is 17.9 Å². The number of aliphatic hydroxyl groups is 1. The summed E-state index contributed by atoms with van der Waals surface area (Å²) >= 11 is 0. The van der Waals surface area contributed by atoms with Gasteiger partial charge in [0, 0.05) is 19.0 Å². The summed E-state index contributed by atoms with van der Waals surface area (Å²) in [5.74, 6) is -0.565. The summed E-state index contributed by atoms with van der Waals surface area (Å²) < 4.78 is 0. The van der Waals surface area contributed by atoms with Crippen LogP contribution in [0.1, 0.15) is 71.6 Å². The Morgan fingerprint density at radius 3 is 2.82 bits per heavy atom. The van der Waals surface area contributed by atoms with Crippen LogP contribution in [0.25, 0.3) is 0 Å². The average Bonchev–Trinajstić information content (AvgIpc) is 2.70. The largest absolute Gasteiger partial charge is 0.392 e. The molecule has 22 heavy (non-hydrogen) atoms. The molecular weight excluding hydrogens is 280 g/mol. The molecule has 128 valence electrons. The summed E-state index contributed by atoms with van der Waals surface area (Å²) in [5, 5.41) is 15.9. The van der Waals surface area contributed by atoms with Crippen molar-refractivity contribution in [1.82, 2.24) is 10.6 Å². The fourth-order valence-corrected chi connectivity index (χ4v) is 2.81. The van der Waals surface area contributed by atoms with Crippen LogP contribution in [0.3, 0.4) is 0 Å². The summed E-state index contributed by atoms with van der Waals surface area (Å²) in [6.07, 6.45) is 7.81. The molecule has 0 saturated carbocycles. The van der Waals surface area contributed by atoms with E-state index >= 15 is 0 Å². The average molecular weight is 312 g/mol. The van der Waals surface area contributed by atoms with Crippen molar-refractivity contribution in [1.29, 1.82) is 0 Å². The van der Waals surface area contributed by atoms with Gasteiger partial charge in [-0.1, -0.05) is 46.0 Å². The minimum absolute atomic E-state index is 0.00748. The molecule has 0 aliphatic carbocycles. The van der Waals surface area contributed by atoms with Crippen LogP contribution in [-0.2, 0) is 9.59 Å². The Balaban J connectivity index is 2.28. The summed E-state index contributed by atoms with van der Waals surface area (Å²) in [6.45, 7) is 4.62. The Morgan fingerprint density at radius 1 is 1.36 bits per heavy atom. The molecule has 1 saturated heterocycles. The zero-order valence-corrected chi connectivity index (χ0v) is 14.1. The highest BCUT2D eigenvalue weighted by atomic mass is 16.3. The van der Waals surface area contributed by atoms with E-state index in [9.17, 15) is 14.7 Å². The first kappa shape index (κ1) is 18.9. The lowest BCUT2D eigenvalue weighted by atomic mass is 9.97. The smallest absolute Gasteiger partial charge is 0.225 e. The number of carbonyl (C=O) groups excluding carboxylic acids is 2. The molecule has 1 heterocycles. The van der Waals surface area contributed by atoms with Gasteiger partial charge in [0.25, 0.3) is 0 Å². The van der Waals surface area contributed by atoms with Crippen LogP contribution in [0.5, 0.6) is 0 Å². The normalized spacial score (nSPS) is 21.6. The number of hydrogen-bond acceptors (Lipinski definition) is 3. The van der Waals surface area contributed by atoms with Crippen molar-refractivity contribution < 1.29 is 14.7 Å². The fraction of sp³-hybridized carbons (Fsp3) is 0.882. The zero-order valence-electron chi connectivity index (χ0n) is 14.1. The molecule has 0 aromatic carbocycles. The summed E-state index contributed by atoms with van der Waals surface area (Å²) in [5.41, 5.74) is 0. The third kappa shape index (κ3) is 7.25. The molecule has 0 unspecified atom stereocenters. The van der Waals surface area contributed by atoms with Crippen molar-refractivity contribution >= 4 is 11.8 Å². The number of rotatable bonds is 9. The molecule has 0 bridgehead atoms. The van der Waals surface area contributed by atoms with Gasteiger partial charge >= 0.3 is 0 Å². The Labute approximate surface area is 134 Å². The second kappa shape index (κ2) is 10.6. The third-order valence-corrected chi connectivity index (χ3v) is 4.42. The van der Waals surface area contributed by atoms with Crippen molar-refractivity contribution in [2.24, 2.45) is 5.92 Å². The Kier molecular flexibility index (Phi) is 9.13. The lowest BCUT2D eigenvalue weighted by Gasteiger charge is -2.22. The predicted molar refractivity (Wildman–Crippen MR) is 87.3 cm³/mol. The number of amides is 2. The third-order valence-electron chi connectivity index (χ3n) is 4.42. The van der Waals surface area contributed by atoms with E-state index in [1.807, 2.05) is 0 Å². The summed E-state index contributed by atoms with van der Waals surface area (Å²) in [6, 6.07) is -0.103. The van der Waals surface area contributed by atoms with Gasteiger partial charge in [-0.15, -0.1) is 0 Å². The second-order valence-electron chi connectivity index (χ2n) is 6.46. The molecule has 1 aliphatic rings. The predicted octanol–water partition coefficient (Wildman–Crippen LogP) is 2.13. The van der Waals surface area contributed by atoms with Gasteiger partial charge in [-0.25, -0.2) is 0 Å². The SMILES string of the molecule is CCCCCCC[C@H](O)[C@@H](C)C(=O)N[C@H]1CCCNC(=O)C1. The molecule has 1 aliphatic heterocycles. The molecule has 0 radical (unpaired) electrons. The molecule has 0 aromatic rings. The van der Waals surface area contributed by atoms with Crippen molar-refractivity contribution in [3.8, 4) is 0 Å². The van der Waals surface area contributed by atoms with Gasteiger partial charge in [0.05, 0.1) is 12.0 Å². The molecular formula is C17H32N2O3. The van der Waals surface area contributed by atoms with Gasteiger partial charge in [-0.2, -0.15) is 0 Å². The van der Waals surface area contributed by atoms with Gasteiger partial charge in [-0.05, 0) is 19.3 Å². The van der Waals surface area contributed by atoms with E-state index < -0.39 is 12.0 Å². The van der Waals surface area contributed by atoms with Crippen LogP contribution in [0.2, 0.25) is 0 Å². The van der Waals surface area contributed by atoms with Crippen molar-refractivity contribution in [2.75, 3.05) is 6.54 Å². The molecule has 1 fully saturated rings. The minimum Gasteiger partial charge on any atom is -0.392 e. The monoisotopic (exact) mass is 312 g/mol. The van der Waals surface area contributed by atoms with Crippen molar-refractivity contribution in [2.45, 2.75) is 83.8 Å². The van der Waals surface area contributed by atoms with Crippen LogP contribution in [0, 0.1) is 5.92 Å². The topological polar surface area (TPSA) is 78.4 Å². The summed E-state index contributed by atoms with van der Waals surface area (Å²) in [4.78, 5) is 23.7. The van der Waals surface area contributed by atoms with Gasteiger partial charge in [0.15, 0.2) is 0 Å². The summed E-state index contributed by atoms with van der Waals surface area (Å²) in [7, 11) is 0. The molecule has 0 spiro atoms. The molecule has 3 atom stereocenters. The maximum absolute atomic E-state index is 12.2. The highest BCUT2D eigenvalue weighted by Crippen LogP contribution is 2.14. The molecule has 0 aromatic heterocycles. The second-order valence-corrected chi connectivity index (χ2v) is 6.46. The highest BCUT2D eigenvalue weighted by Gasteiger charge is 2.25. The van der Waals surface area contributed by atoms with Crippen LogP contribution in [0.15, 0.2) is 0 Å². The molecule has 3 N–H and O–H groups in total. The molecule has 1 rings (SSSR count). The van der Waals surface area contributed by atoms with Crippen molar-refractivity contribution in [3.63, 3.8) is 0 Å². The number of nitrogens with one attached hydrogen (secondary N) is 2. The highest BCUT2D eigenvalue weighted by molar-refractivity contribution is 5.81. The van der Waals surface area contributed by atoms with Gasteiger partial charge < -0.3 is 15.7 Å². The Morgan fingerprint density at radius 2 is 2.09 bits per heavy atom. The van der Waals surface area contributed by atoms with Crippen molar-refractivity contribution in [3.05, 3.63) is 0 Å². The van der Waals surface area contributed by atoms with Crippen LogP contribution < -0.4 is 10.6 Å². The van der Waals surface area contributed by atoms with E-state index in [1.54, 1.807) is 6.92 Å². The van der Waals surface area contributed by atoms with E-state index in [0.717, 1.165) is 25.7 Å². The first-order chi connectivity index (χ1) is 10.5. The van der Waals surface area contributed by atoms with E-state index in [0.29, 0.717) is 19.4 Å².